The van der Waals surface area contributed by atoms with Crippen molar-refractivity contribution >= 4 is 5.97 Å². The number of carbonyl (C=O) groups excluding carboxylic acids is 1. The highest BCUT2D eigenvalue weighted by Crippen LogP contribution is 2.42. The van der Waals surface area contributed by atoms with Gasteiger partial charge < -0.3 is 4.74 Å². The summed E-state index contributed by atoms with van der Waals surface area (Å²) in [5.74, 6) is 3.77. The molecular formula is C26H40O2. The van der Waals surface area contributed by atoms with Crippen LogP contribution in [0.15, 0.2) is 24.3 Å². The summed E-state index contributed by atoms with van der Waals surface area (Å²) >= 11 is 0. The van der Waals surface area contributed by atoms with Crippen LogP contribution in [-0.2, 0) is 11.2 Å². The predicted molar refractivity (Wildman–Crippen MR) is 117 cm³/mol. The van der Waals surface area contributed by atoms with E-state index < -0.39 is 0 Å². The number of ether oxygens (including phenoxy) is 1. The van der Waals surface area contributed by atoms with Gasteiger partial charge in [0, 0.05) is 0 Å². The van der Waals surface area contributed by atoms with Crippen molar-refractivity contribution in [2.45, 2.75) is 90.9 Å². The molecule has 0 amide bonds. The maximum atomic E-state index is 11.8. The van der Waals surface area contributed by atoms with Gasteiger partial charge in [-0.1, -0.05) is 57.6 Å². The zero-order chi connectivity index (χ0) is 19.8. The molecule has 2 aliphatic carbocycles. The normalized spacial score (nSPS) is 28.1. The highest BCUT2D eigenvalue weighted by molar-refractivity contribution is 5.89. The third kappa shape index (κ3) is 6.09. The molecule has 156 valence electrons. The van der Waals surface area contributed by atoms with E-state index in [0.29, 0.717) is 12.2 Å². The molecule has 2 heteroatoms. The SMILES string of the molecule is CCCC1CCC(C2CCC(CCc3ccc(C(=O)OCC)cc3)CC2)CC1. The van der Waals surface area contributed by atoms with Gasteiger partial charge in [0.05, 0.1) is 12.2 Å². The Bertz CT molecular complexity index is 575. The summed E-state index contributed by atoms with van der Waals surface area (Å²) in [5, 5.41) is 0. The number of esters is 1. The number of rotatable bonds is 8. The van der Waals surface area contributed by atoms with Gasteiger partial charge in [0.15, 0.2) is 0 Å². The van der Waals surface area contributed by atoms with E-state index >= 15 is 0 Å². The Labute approximate surface area is 172 Å². The Morgan fingerprint density at radius 1 is 0.821 bits per heavy atom. The molecule has 1 aromatic rings. The second kappa shape index (κ2) is 11.0. The lowest BCUT2D eigenvalue weighted by Gasteiger charge is -2.38. The van der Waals surface area contributed by atoms with E-state index in [1.54, 1.807) is 0 Å². The van der Waals surface area contributed by atoms with E-state index in [4.69, 9.17) is 4.74 Å². The van der Waals surface area contributed by atoms with Crippen LogP contribution in [0, 0.1) is 23.7 Å². The van der Waals surface area contributed by atoms with Crippen LogP contribution < -0.4 is 0 Å². The molecule has 0 heterocycles. The fraction of sp³-hybridized carbons (Fsp3) is 0.731. The number of aryl methyl sites for hydroxylation is 1. The zero-order valence-electron chi connectivity index (χ0n) is 18.1. The molecule has 2 nitrogen and oxygen atoms in total. The van der Waals surface area contributed by atoms with Gasteiger partial charge in [0.2, 0.25) is 0 Å². The molecule has 28 heavy (non-hydrogen) atoms. The maximum absolute atomic E-state index is 11.8. The fourth-order valence-corrected chi connectivity index (χ4v) is 5.70. The summed E-state index contributed by atoms with van der Waals surface area (Å²) in [5.41, 5.74) is 2.02. The smallest absolute Gasteiger partial charge is 0.338 e. The second-order valence-corrected chi connectivity index (χ2v) is 9.31. The topological polar surface area (TPSA) is 26.3 Å². The van der Waals surface area contributed by atoms with Crippen LogP contribution in [-0.4, -0.2) is 12.6 Å². The van der Waals surface area contributed by atoms with Gasteiger partial charge in [-0.05, 0) is 86.8 Å². The molecule has 1 aromatic carbocycles. The van der Waals surface area contributed by atoms with Crippen LogP contribution in [0.2, 0.25) is 0 Å². The van der Waals surface area contributed by atoms with Gasteiger partial charge in [-0.3, -0.25) is 0 Å². The number of hydrogen-bond acceptors (Lipinski definition) is 2. The highest BCUT2D eigenvalue weighted by atomic mass is 16.5. The van der Waals surface area contributed by atoms with Crippen molar-refractivity contribution < 1.29 is 9.53 Å². The van der Waals surface area contributed by atoms with Crippen molar-refractivity contribution in [2.75, 3.05) is 6.61 Å². The summed E-state index contributed by atoms with van der Waals surface area (Å²) < 4.78 is 5.06. The largest absolute Gasteiger partial charge is 0.462 e. The highest BCUT2D eigenvalue weighted by Gasteiger charge is 2.30. The third-order valence-electron chi connectivity index (χ3n) is 7.45. The molecule has 0 bridgehead atoms. The number of benzene rings is 1. The lowest BCUT2D eigenvalue weighted by molar-refractivity contribution is 0.0526. The minimum atomic E-state index is -0.212. The Morgan fingerprint density at radius 3 is 1.86 bits per heavy atom. The van der Waals surface area contributed by atoms with Gasteiger partial charge >= 0.3 is 5.97 Å². The van der Waals surface area contributed by atoms with Crippen molar-refractivity contribution in [1.82, 2.24) is 0 Å². The lowest BCUT2D eigenvalue weighted by Crippen LogP contribution is -2.26. The van der Waals surface area contributed by atoms with Crippen LogP contribution in [0.3, 0.4) is 0 Å². The number of hydrogen-bond donors (Lipinski definition) is 0. The Balaban J connectivity index is 1.36. The molecule has 2 aliphatic rings. The first-order valence-electron chi connectivity index (χ1n) is 12.0. The van der Waals surface area contributed by atoms with Gasteiger partial charge in [0.1, 0.15) is 0 Å². The second-order valence-electron chi connectivity index (χ2n) is 9.31. The summed E-state index contributed by atoms with van der Waals surface area (Å²) in [6.45, 7) is 4.62. The molecule has 2 fully saturated rings. The molecule has 3 rings (SSSR count). The van der Waals surface area contributed by atoms with Gasteiger partial charge in [-0.2, -0.15) is 0 Å². The van der Waals surface area contributed by atoms with Crippen LogP contribution in [0.25, 0.3) is 0 Å². The average molecular weight is 385 g/mol. The molecule has 0 atom stereocenters. The van der Waals surface area contributed by atoms with Crippen LogP contribution in [0.5, 0.6) is 0 Å². The van der Waals surface area contributed by atoms with E-state index in [9.17, 15) is 4.79 Å². The molecule has 0 unspecified atom stereocenters. The predicted octanol–water partition coefficient (Wildman–Crippen LogP) is 7.21. The van der Waals surface area contributed by atoms with Gasteiger partial charge in [-0.15, -0.1) is 0 Å². The molecule has 0 aliphatic heterocycles. The zero-order valence-corrected chi connectivity index (χ0v) is 18.1. The first-order valence-corrected chi connectivity index (χ1v) is 12.0. The number of carbonyl (C=O) groups is 1. The standard InChI is InChI=1S/C26H40O2/c1-3-5-20-8-14-23(15-9-20)24-16-10-21(11-17-24)6-7-22-12-18-25(19-13-22)26(27)28-4-2/h12-13,18-21,23-24H,3-11,14-17H2,1-2H3. The molecule has 0 aromatic heterocycles. The molecule has 0 spiro atoms. The van der Waals surface area contributed by atoms with Crippen molar-refractivity contribution in [3.05, 3.63) is 35.4 Å². The van der Waals surface area contributed by atoms with Gasteiger partial charge in [0.25, 0.3) is 0 Å². The van der Waals surface area contributed by atoms with Crippen molar-refractivity contribution in [2.24, 2.45) is 23.7 Å². The fourth-order valence-electron chi connectivity index (χ4n) is 5.70. The third-order valence-corrected chi connectivity index (χ3v) is 7.45. The van der Waals surface area contributed by atoms with E-state index in [1.807, 2.05) is 19.1 Å². The van der Waals surface area contributed by atoms with Gasteiger partial charge in [-0.25, -0.2) is 4.79 Å². The van der Waals surface area contributed by atoms with Crippen molar-refractivity contribution in [3.63, 3.8) is 0 Å². The first kappa shape index (κ1) is 21.4. The lowest BCUT2D eigenvalue weighted by atomic mass is 9.68. The first-order chi connectivity index (χ1) is 13.7. The van der Waals surface area contributed by atoms with Crippen LogP contribution in [0.1, 0.15) is 100 Å². The monoisotopic (exact) mass is 384 g/mol. The van der Waals surface area contributed by atoms with E-state index in [-0.39, 0.29) is 5.97 Å². The van der Waals surface area contributed by atoms with E-state index in [1.165, 1.54) is 76.2 Å². The Kier molecular flexibility index (Phi) is 8.43. The van der Waals surface area contributed by atoms with E-state index in [2.05, 4.69) is 19.1 Å². The molecule has 0 radical (unpaired) electrons. The molecular weight excluding hydrogens is 344 g/mol. The Hall–Kier alpha value is -1.31. The van der Waals surface area contributed by atoms with E-state index in [0.717, 1.165) is 30.1 Å². The molecule has 0 saturated heterocycles. The summed E-state index contributed by atoms with van der Waals surface area (Å²) in [4.78, 5) is 11.8. The maximum Gasteiger partial charge on any atom is 0.338 e. The molecule has 2 saturated carbocycles. The quantitative estimate of drug-likeness (QED) is 0.443. The minimum Gasteiger partial charge on any atom is -0.462 e. The summed E-state index contributed by atoms with van der Waals surface area (Å²) in [6, 6.07) is 8.04. The summed E-state index contributed by atoms with van der Waals surface area (Å²) in [6.07, 6.45) is 17.1. The van der Waals surface area contributed by atoms with Crippen molar-refractivity contribution in [3.8, 4) is 0 Å². The average Bonchev–Trinajstić information content (AvgIpc) is 2.74. The van der Waals surface area contributed by atoms with Crippen LogP contribution >= 0.6 is 0 Å². The molecule has 0 N–H and O–H groups in total. The minimum absolute atomic E-state index is 0.212. The summed E-state index contributed by atoms with van der Waals surface area (Å²) in [7, 11) is 0. The van der Waals surface area contributed by atoms with Crippen molar-refractivity contribution in [1.29, 1.82) is 0 Å². The Morgan fingerprint density at radius 2 is 1.36 bits per heavy atom. The van der Waals surface area contributed by atoms with Crippen LogP contribution in [0.4, 0.5) is 0 Å².